The largest absolute Gasteiger partial charge is 0.339 e. The van der Waals surface area contributed by atoms with Crippen molar-refractivity contribution in [3.05, 3.63) is 0 Å². The molecule has 3 heterocycles. The minimum atomic E-state index is -3.38. The molecule has 3 aliphatic rings. The van der Waals surface area contributed by atoms with Crippen LogP contribution in [0.5, 0.6) is 0 Å². The van der Waals surface area contributed by atoms with Crippen molar-refractivity contribution < 1.29 is 18.0 Å². The number of hydrogen-bond acceptors (Lipinski definition) is 5. The predicted molar refractivity (Wildman–Crippen MR) is 107 cm³/mol. The van der Waals surface area contributed by atoms with Gasteiger partial charge in [0.05, 0.1) is 12.8 Å². The van der Waals surface area contributed by atoms with Gasteiger partial charge in [-0.25, -0.2) is 8.42 Å². The number of carbonyl (C=O) groups excluding carboxylic acids is 2. The quantitative estimate of drug-likeness (QED) is 0.663. The lowest BCUT2D eigenvalue weighted by Crippen LogP contribution is -2.58. The molecule has 3 aliphatic heterocycles. The monoisotopic (exact) mass is 414 g/mol. The molecule has 3 fully saturated rings. The number of piperazine rings is 1. The van der Waals surface area contributed by atoms with Crippen LogP contribution in [0.3, 0.4) is 0 Å². The number of amides is 2. The van der Waals surface area contributed by atoms with Crippen molar-refractivity contribution in [1.82, 2.24) is 19.0 Å². The molecule has 9 heteroatoms. The number of nitrogens with zero attached hydrogens (tertiary/aromatic N) is 4. The maximum atomic E-state index is 13.0. The summed E-state index contributed by atoms with van der Waals surface area (Å²) < 4.78 is 25.4. The first kappa shape index (κ1) is 21.5. The van der Waals surface area contributed by atoms with Gasteiger partial charge in [-0.1, -0.05) is 6.42 Å². The Hall–Kier alpha value is -1.19. The Morgan fingerprint density at radius 1 is 0.893 bits per heavy atom. The second-order valence-corrected chi connectivity index (χ2v) is 10.4. The molecule has 0 N–H and O–H groups in total. The van der Waals surface area contributed by atoms with E-state index in [9.17, 15) is 18.0 Å². The highest BCUT2D eigenvalue weighted by Crippen LogP contribution is 2.22. The fourth-order valence-corrected chi connectivity index (χ4v) is 5.76. The third-order valence-corrected chi connectivity index (χ3v) is 7.62. The highest BCUT2D eigenvalue weighted by atomic mass is 32.2. The Balaban J connectivity index is 1.51. The molecule has 0 radical (unpaired) electrons. The van der Waals surface area contributed by atoms with Crippen LogP contribution in [0.2, 0.25) is 0 Å². The molecular weight excluding hydrogens is 380 g/mol. The molecule has 0 spiro atoms. The standard InChI is InChI=1S/C19H34N4O4S/c1-16-7-3-5-9-22(16)18(24)15-20-11-13-21(14-12-20)19(25)17-8-4-6-10-23(17)28(2,26)27/h16-17H,3-15H2,1-2H3. The SMILES string of the molecule is CC1CCCCN1C(=O)CN1CCN(C(=O)C2CCCCN2S(C)(=O)=O)CC1. The van der Waals surface area contributed by atoms with E-state index in [0.29, 0.717) is 51.7 Å². The highest BCUT2D eigenvalue weighted by Gasteiger charge is 2.37. The molecule has 2 unspecified atom stereocenters. The molecule has 0 bridgehead atoms. The predicted octanol–water partition coefficient (Wildman–Crippen LogP) is 0.346. The fourth-order valence-electron chi connectivity index (χ4n) is 4.64. The topological polar surface area (TPSA) is 81.2 Å². The number of piperidine rings is 2. The van der Waals surface area contributed by atoms with Gasteiger partial charge in [0, 0.05) is 45.3 Å². The molecule has 0 aromatic carbocycles. The van der Waals surface area contributed by atoms with Crippen LogP contribution in [-0.2, 0) is 19.6 Å². The summed E-state index contributed by atoms with van der Waals surface area (Å²) in [6.07, 6.45) is 6.81. The van der Waals surface area contributed by atoms with E-state index in [1.165, 1.54) is 17.0 Å². The average Bonchev–Trinajstić information content (AvgIpc) is 2.67. The summed E-state index contributed by atoms with van der Waals surface area (Å²) in [4.78, 5) is 31.5. The van der Waals surface area contributed by atoms with Gasteiger partial charge in [-0.15, -0.1) is 0 Å². The summed E-state index contributed by atoms with van der Waals surface area (Å²) in [5, 5.41) is 0. The Kier molecular flexibility index (Phi) is 6.98. The number of sulfonamides is 1. The van der Waals surface area contributed by atoms with Crippen LogP contribution >= 0.6 is 0 Å². The number of carbonyl (C=O) groups is 2. The van der Waals surface area contributed by atoms with Crippen molar-refractivity contribution in [2.75, 3.05) is 52.1 Å². The molecule has 8 nitrogen and oxygen atoms in total. The second-order valence-electron chi connectivity index (χ2n) is 8.42. The van der Waals surface area contributed by atoms with Gasteiger partial charge in [0.25, 0.3) is 0 Å². The van der Waals surface area contributed by atoms with Crippen molar-refractivity contribution in [2.24, 2.45) is 0 Å². The zero-order chi connectivity index (χ0) is 20.3. The van der Waals surface area contributed by atoms with E-state index in [1.54, 1.807) is 4.90 Å². The Morgan fingerprint density at radius 2 is 1.54 bits per heavy atom. The van der Waals surface area contributed by atoms with Gasteiger partial charge in [0.15, 0.2) is 0 Å². The maximum Gasteiger partial charge on any atom is 0.241 e. The number of likely N-dealkylation sites (tertiary alicyclic amines) is 1. The zero-order valence-electron chi connectivity index (χ0n) is 17.2. The molecule has 3 rings (SSSR count). The normalized spacial score (nSPS) is 28.4. The fraction of sp³-hybridized carbons (Fsp3) is 0.895. The summed E-state index contributed by atoms with van der Waals surface area (Å²) in [7, 11) is -3.38. The maximum absolute atomic E-state index is 13.0. The first-order valence-electron chi connectivity index (χ1n) is 10.5. The van der Waals surface area contributed by atoms with E-state index in [2.05, 4.69) is 11.8 Å². The van der Waals surface area contributed by atoms with Crippen LogP contribution in [0.4, 0.5) is 0 Å². The molecule has 3 saturated heterocycles. The Morgan fingerprint density at radius 3 is 2.18 bits per heavy atom. The van der Waals surface area contributed by atoms with Crippen molar-refractivity contribution in [3.8, 4) is 0 Å². The van der Waals surface area contributed by atoms with Crippen LogP contribution in [0.25, 0.3) is 0 Å². The third-order valence-electron chi connectivity index (χ3n) is 6.33. The van der Waals surface area contributed by atoms with E-state index >= 15 is 0 Å². The van der Waals surface area contributed by atoms with Crippen LogP contribution in [0.1, 0.15) is 45.4 Å². The molecule has 28 heavy (non-hydrogen) atoms. The van der Waals surface area contributed by atoms with Gasteiger partial charge < -0.3 is 9.80 Å². The van der Waals surface area contributed by atoms with Gasteiger partial charge in [0.2, 0.25) is 21.8 Å². The van der Waals surface area contributed by atoms with E-state index in [4.69, 9.17) is 0 Å². The second kappa shape index (κ2) is 9.09. The van der Waals surface area contributed by atoms with E-state index < -0.39 is 16.1 Å². The lowest BCUT2D eigenvalue weighted by molar-refractivity contribution is -0.139. The van der Waals surface area contributed by atoms with E-state index in [1.807, 2.05) is 4.90 Å². The Labute approximate surface area is 168 Å². The molecule has 160 valence electrons. The number of hydrogen-bond donors (Lipinski definition) is 0. The van der Waals surface area contributed by atoms with Gasteiger partial charge in [-0.2, -0.15) is 4.31 Å². The summed E-state index contributed by atoms with van der Waals surface area (Å²) in [6.45, 7) is 6.22. The average molecular weight is 415 g/mol. The summed E-state index contributed by atoms with van der Waals surface area (Å²) in [6, 6.07) is -0.247. The van der Waals surface area contributed by atoms with Gasteiger partial charge in [-0.3, -0.25) is 14.5 Å². The molecule has 2 amide bonds. The molecule has 0 aromatic heterocycles. The highest BCUT2D eigenvalue weighted by molar-refractivity contribution is 7.88. The summed E-state index contributed by atoms with van der Waals surface area (Å²) >= 11 is 0. The lowest BCUT2D eigenvalue weighted by Gasteiger charge is -2.40. The van der Waals surface area contributed by atoms with E-state index in [-0.39, 0.29) is 11.8 Å². The van der Waals surface area contributed by atoms with E-state index in [0.717, 1.165) is 32.2 Å². The van der Waals surface area contributed by atoms with Gasteiger partial charge >= 0.3 is 0 Å². The summed E-state index contributed by atoms with van der Waals surface area (Å²) in [5.74, 6) is 0.100. The van der Waals surface area contributed by atoms with Gasteiger partial charge in [0.1, 0.15) is 6.04 Å². The third kappa shape index (κ3) is 5.04. The molecule has 0 aromatic rings. The Bertz CT molecular complexity index is 675. The van der Waals surface area contributed by atoms with Gasteiger partial charge in [-0.05, 0) is 39.0 Å². The minimum absolute atomic E-state index is 0.0826. The molecule has 0 aliphatic carbocycles. The summed E-state index contributed by atoms with van der Waals surface area (Å²) in [5.41, 5.74) is 0. The number of rotatable bonds is 4. The van der Waals surface area contributed by atoms with Crippen LogP contribution in [0, 0.1) is 0 Å². The van der Waals surface area contributed by atoms with Crippen molar-refractivity contribution in [1.29, 1.82) is 0 Å². The molecule has 0 saturated carbocycles. The minimum Gasteiger partial charge on any atom is -0.339 e. The molecular formula is C19H34N4O4S. The van der Waals surface area contributed by atoms with Crippen molar-refractivity contribution in [3.63, 3.8) is 0 Å². The first-order valence-corrected chi connectivity index (χ1v) is 12.4. The lowest BCUT2D eigenvalue weighted by atomic mass is 10.0. The smallest absolute Gasteiger partial charge is 0.241 e. The van der Waals surface area contributed by atoms with Crippen LogP contribution in [0.15, 0.2) is 0 Å². The van der Waals surface area contributed by atoms with Crippen molar-refractivity contribution >= 4 is 21.8 Å². The van der Waals surface area contributed by atoms with Crippen LogP contribution in [-0.4, -0.2) is 103 Å². The zero-order valence-corrected chi connectivity index (χ0v) is 18.0. The molecule has 2 atom stereocenters. The first-order chi connectivity index (χ1) is 13.3. The van der Waals surface area contributed by atoms with Crippen molar-refractivity contribution in [2.45, 2.75) is 57.5 Å². The van der Waals surface area contributed by atoms with Crippen LogP contribution < -0.4 is 0 Å².